The highest BCUT2D eigenvalue weighted by atomic mass is 32.2. The second-order valence-electron chi connectivity index (χ2n) is 5.87. The number of carbonyl (C=O) groups excluding carboxylic acids is 2. The third-order valence-corrected chi connectivity index (χ3v) is 4.89. The Morgan fingerprint density at radius 1 is 1.15 bits per heavy atom. The third-order valence-electron chi connectivity index (χ3n) is 4.11. The zero-order valence-corrected chi connectivity index (χ0v) is 16.2. The molecule has 2 amide bonds. The second kappa shape index (κ2) is 10.9. The van der Waals surface area contributed by atoms with Crippen LogP contribution in [0.2, 0.25) is 0 Å². The van der Waals surface area contributed by atoms with Crippen LogP contribution in [-0.4, -0.2) is 55.3 Å². The van der Waals surface area contributed by atoms with Crippen LogP contribution in [0.3, 0.4) is 0 Å². The van der Waals surface area contributed by atoms with Crippen molar-refractivity contribution in [2.45, 2.75) is 20.3 Å². The van der Waals surface area contributed by atoms with Crippen molar-refractivity contribution < 1.29 is 14.3 Å². The standard InChI is InChI=1S/C19H27N3O3S/c1-3-22(4-2)11-5-10-20-18(23)15-6-8-16(9-7-15)21-19(24)17-14-26-13-12-25-17/h6-9,14H,3-5,10-13H2,1-2H3,(H,20,23)(H,21,24). The maximum Gasteiger partial charge on any atom is 0.291 e. The Kier molecular flexibility index (Phi) is 8.50. The first-order chi connectivity index (χ1) is 12.6. The number of amides is 2. The summed E-state index contributed by atoms with van der Waals surface area (Å²) in [6.07, 6.45) is 0.925. The molecule has 7 heteroatoms. The van der Waals surface area contributed by atoms with Crippen LogP contribution in [0.4, 0.5) is 5.69 Å². The number of nitrogens with zero attached hydrogens (tertiary/aromatic N) is 1. The highest BCUT2D eigenvalue weighted by molar-refractivity contribution is 8.02. The molecule has 0 radical (unpaired) electrons. The summed E-state index contributed by atoms with van der Waals surface area (Å²) in [6, 6.07) is 6.86. The number of thioether (sulfide) groups is 1. The molecule has 0 bridgehead atoms. The Morgan fingerprint density at radius 3 is 2.50 bits per heavy atom. The molecule has 2 N–H and O–H groups in total. The predicted molar refractivity (Wildman–Crippen MR) is 106 cm³/mol. The van der Waals surface area contributed by atoms with Crippen LogP contribution in [0, 0.1) is 0 Å². The van der Waals surface area contributed by atoms with Gasteiger partial charge in [-0.25, -0.2) is 0 Å². The van der Waals surface area contributed by atoms with E-state index in [0.717, 1.165) is 31.8 Å². The van der Waals surface area contributed by atoms with Gasteiger partial charge in [-0.1, -0.05) is 13.8 Å². The Hall–Kier alpha value is -1.99. The molecule has 0 aromatic heterocycles. The van der Waals surface area contributed by atoms with Gasteiger partial charge in [-0.05, 0) is 50.3 Å². The predicted octanol–water partition coefficient (Wildman–Crippen LogP) is 2.69. The molecule has 0 unspecified atom stereocenters. The molecular weight excluding hydrogens is 350 g/mol. The van der Waals surface area contributed by atoms with Gasteiger partial charge in [0.1, 0.15) is 0 Å². The zero-order valence-electron chi connectivity index (χ0n) is 15.4. The summed E-state index contributed by atoms with van der Waals surface area (Å²) in [5, 5.41) is 7.42. The Bertz CT molecular complexity index is 627. The van der Waals surface area contributed by atoms with Crippen molar-refractivity contribution >= 4 is 29.3 Å². The number of nitrogens with one attached hydrogen (secondary N) is 2. The van der Waals surface area contributed by atoms with Crippen LogP contribution in [0.25, 0.3) is 0 Å². The van der Waals surface area contributed by atoms with Crippen LogP contribution in [0.5, 0.6) is 0 Å². The molecular formula is C19H27N3O3S. The highest BCUT2D eigenvalue weighted by Crippen LogP contribution is 2.17. The largest absolute Gasteiger partial charge is 0.487 e. The van der Waals surface area contributed by atoms with Gasteiger partial charge in [-0.15, -0.1) is 11.8 Å². The summed E-state index contributed by atoms with van der Waals surface area (Å²) >= 11 is 1.56. The fourth-order valence-corrected chi connectivity index (χ4v) is 3.16. The molecule has 1 aliphatic heterocycles. The number of hydrogen-bond acceptors (Lipinski definition) is 5. The summed E-state index contributed by atoms with van der Waals surface area (Å²) in [5.74, 6) is 0.814. The molecule has 0 saturated heterocycles. The molecule has 142 valence electrons. The van der Waals surface area contributed by atoms with E-state index in [1.54, 1.807) is 41.4 Å². The van der Waals surface area contributed by atoms with Crippen molar-refractivity contribution in [3.8, 4) is 0 Å². The Balaban J connectivity index is 1.78. The number of carbonyl (C=O) groups is 2. The maximum absolute atomic E-state index is 12.2. The first-order valence-corrected chi connectivity index (χ1v) is 10.1. The lowest BCUT2D eigenvalue weighted by Crippen LogP contribution is -2.29. The maximum atomic E-state index is 12.2. The quantitative estimate of drug-likeness (QED) is 0.648. The van der Waals surface area contributed by atoms with Crippen LogP contribution < -0.4 is 10.6 Å². The molecule has 2 rings (SSSR count). The second-order valence-corrected chi connectivity index (χ2v) is 6.85. The van der Waals surface area contributed by atoms with E-state index in [9.17, 15) is 9.59 Å². The van der Waals surface area contributed by atoms with Gasteiger partial charge in [0.05, 0.1) is 6.61 Å². The number of rotatable bonds is 9. The molecule has 6 nitrogen and oxygen atoms in total. The monoisotopic (exact) mass is 377 g/mol. The minimum absolute atomic E-state index is 0.0999. The molecule has 1 heterocycles. The number of ether oxygens (including phenoxy) is 1. The minimum atomic E-state index is -0.272. The van der Waals surface area contributed by atoms with Crippen molar-refractivity contribution in [2.24, 2.45) is 0 Å². The molecule has 0 saturated carbocycles. The van der Waals surface area contributed by atoms with E-state index in [2.05, 4.69) is 29.4 Å². The summed E-state index contributed by atoms with van der Waals surface area (Å²) in [5.41, 5.74) is 1.21. The van der Waals surface area contributed by atoms with E-state index in [-0.39, 0.29) is 11.8 Å². The van der Waals surface area contributed by atoms with Crippen molar-refractivity contribution in [2.75, 3.05) is 43.9 Å². The summed E-state index contributed by atoms with van der Waals surface area (Å²) < 4.78 is 5.32. The van der Waals surface area contributed by atoms with Gasteiger partial charge in [0.25, 0.3) is 11.8 Å². The SMILES string of the molecule is CCN(CC)CCCNC(=O)c1ccc(NC(=O)C2=CSCCO2)cc1. The molecule has 0 spiro atoms. The van der Waals surface area contributed by atoms with Gasteiger partial charge in [0.2, 0.25) is 0 Å². The fourth-order valence-electron chi connectivity index (χ4n) is 2.53. The van der Waals surface area contributed by atoms with E-state index >= 15 is 0 Å². The summed E-state index contributed by atoms with van der Waals surface area (Å²) in [7, 11) is 0. The van der Waals surface area contributed by atoms with Gasteiger partial charge in [-0.3, -0.25) is 9.59 Å². The smallest absolute Gasteiger partial charge is 0.291 e. The van der Waals surface area contributed by atoms with Gasteiger partial charge in [0, 0.05) is 29.0 Å². The Labute approximate surface area is 159 Å². The van der Waals surface area contributed by atoms with E-state index in [0.29, 0.717) is 30.2 Å². The fraction of sp³-hybridized carbons (Fsp3) is 0.474. The summed E-state index contributed by atoms with van der Waals surface area (Å²) in [6.45, 7) is 8.50. The average Bonchev–Trinajstić information content (AvgIpc) is 2.69. The van der Waals surface area contributed by atoms with Gasteiger partial charge in [-0.2, -0.15) is 0 Å². The van der Waals surface area contributed by atoms with Crippen LogP contribution in [0.1, 0.15) is 30.6 Å². The number of anilines is 1. The lowest BCUT2D eigenvalue weighted by atomic mass is 10.2. The molecule has 0 aliphatic carbocycles. The summed E-state index contributed by atoms with van der Waals surface area (Å²) in [4.78, 5) is 26.6. The van der Waals surface area contributed by atoms with Gasteiger partial charge in [0.15, 0.2) is 5.76 Å². The first kappa shape index (κ1) is 20.3. The van der Waals surface area contributed by atoms with Crippen LogP contribution in [-0.2, 0) is 9.53 Å². The lowest BCUT2D eigenvalue weighted by molar-refractivity contribution is -0.116. The van der Waals surface area contributed by atoms with Crippen LogP contribution >= 0.6 is 11.8 Å². The molecule has 1 aromatic rings. The van der Waals surface area contributed by atoms with E-state index in [1.165, 1.54) is 0 Å². The van der Waals surface area contributed by atoms with Gasteiger partial charge >= 0.3 is 0 Å². The normalized spacial score (nSPS) is 13.7. The van der Waals surface area contributed by atoms with Crippen molar-refractivity contribution in [1.82, 2.24) is 10.2 Å². The third kappa shape index (κ3) is 6.38. The van der Waals surface area contributed by atoms with Crippen LogP contribution in [0.15, 0.2) is 35.4 Å². The zero-order chi connectivity index (χ0) is 18.8. The molecule has 1 aromatic carbocycles. The Morgan fingerprint density at radius 2 is 1.88 bits per heavy atom. The molecule has 1 aliphatic rings. The van der Waals surface area contributed by atoms with Crippen molar-refractivity contribution in [3.05, 3.63) is 41.0 Å². The topological polar surface area (TPSA) is 70.7 Å². The first-order valence-electron chi connectivity index (χ1n) is 9.00. The number of benzene rings is 1. The molecule has 0 atom stereocenters. The molecule has 0 fully saturated rings. The van der Waals surface area contributed by atoms with E-state index in [1.807, 2.05) is 0 Å². The van der Waals surface area contributed by atoms with E-state index < -0.39 is 0 Å². The number of hydrogen-bond donors (Lipinski definition) is 2. The molecule has 26 heavy (non-hydrogen) atoms. The van der Waals surface area contributed by atoms with Gasteiger partial charge < -0.3 is 20.3 Å². The van der Waals surface area contributed by atoms with E-state index in [4.69, 9.17) is 4.74 Å². The lowest BCUT2D eigenvalue weighted by Gasteiger charge is -2.17. The van der Waals surface area contributed by atoms with Crippen molar-refractivity contribution in [3.63, 3.8) is 0 Å². The average molecular weight is 378 g/mol. The van der Waals surface area contributed by atoms with Crippen molar-refractivity contribution in [1.29, 1.82) is 0 Å². The highest BCUT2D eigenvalue weighted by Gasteiger charge is 2.14. The minimum Gasteiger partial charge on any atom is -0.487 e.